The van der Waals surface area contributed by atoms with Crippen LogP contribution in [0.5, 0.6) is 11.6 Å². The number of nitrogens with zero attached hydrogens (tertiary/aromatic N) is 1. The summed E-state index contributed by atoms with van der Waals surface area (Å²) >= 11 is 1.39. The van der Waals surface area contributed by atoms with Crippen molar-refractivity contribution in [3.05, 3.63) is 81.1 Å². The molecule has 0 aliphatic heterocycles. The molecule has 0 fully saturated rings. The Hall–Kier alpha value is -2.73. The SMILES string of the molecule is CCCOc1ccc(Cc2c(O)nc(SCc3ccccc3)[nH]c2=O)cc1C. The van der Waals surface area contributed by atoms with Crippen molar-refractivity contribution in [2.45, 2.75) is 37.6 Å². The quantitative estimate of drug-likeness (QED) is 0.434. The maximum atomic E-state index is 12.5. The van der Waals surface area contributed by atoms with Crippen molar-refractivity contribution in [3.8, 4) is 11.6 Å². The van der Waals surface area contributed by atoms with Crippen LogP contribution in [0.2, 0.25) is 0 Å². The van der Waals surface area contributed by atoms with Gasteiger partial charge in [-0.15, -0.1) is 0 Å². The Bertz CT molecular complexity index is 987. The number of benzene rings is 2. The number of H-pyrrole nitrogens is 1. The van der Waals surface area contributed by atoms with Crippen molar-refractivity contribution < 1.29 is 9.84 Å². The van der Waals surface area contributed by atoms with Crippen LogP contribution in [0.3, 0.4) is 0 Å². The molecular formula is C22H24N2O3S. The van der Waals surface area contributed by atoms with Gasteiger partial charge >= 0.3 is 0 Å². The molecule has 2 N–H and O–H groups in total. The Morgan fingerprint density at radius 1 is 1.14 bits per heavy atom. The van der Waals surface area contributed by atoms with Gasteiger partial charge in [0.15, 0.2) is 5.16 Å². The van der Waals surface area contributed by atoms with E-state index in [4.69, 9.17) is 4.74 Å². The number of hydrogen-bond acceptors (Lipinski definition) is 5. The highest BCUT2D eigenvalue weighted by Gasteiger charge is 2.13. The van der Waals surface area contributed by atoms with Gasteiger partial charge in [0.1, 0.15) is 5.75 Å². The number of nitrogens with one attached hydrogen (secondary N) is 1. The number of aromatic nitrogens is 2. The van der Waals surface area contributed by atoms with Crippen LogP contribution < -0.4 is 10.3 Å². The van der Waals surface area contributed by atoms with Gasteiger partial charge in [-0.3, -0.25) is 4.79 Å². The van der Waals surface area contributed by atoms with Crippen LogP contribution in [0.15, 0.2) is 58.5 Å². The van der Waals surface area contributed by atoms with E-state index in [0.717, 1.165) is 28.9 Å². The molecule has 146 valence electrons. The lowest BCUT2D eigenvalue weighted by atomic mass is 10.0. The van der Waals surface area contributed by atoms with Gasteiger partial charge in [-0.1, -0.05) is 61.2 Å². The second-order valence-electron chi connectivity index (χ2n) is 6.57. The van der Waals surface area contributed by atoms with Crippen molar-refractivity contribution in [3.63, 3.8) is 0 Å². The van der Waals surface area contributed by atoms with E-state index in [2.05, 4.69) is 16.9 Å². The number of rotatable bonds is 8. The molecule has 1 heterocycles. The van der Waals surface area contributed by atoms with E-state index in [0.29, 0.717) is 23.9 Å². The van der Waals surface area contributed by atoms with Crippen molar-refractivity contribution in [1.82, 2.24) is 9.97 Å². The number of thioether (sulfide) groups is 1. The lowest BCUT2D eigenvalue weighted by Gasteiger charge is -2.10. The van der Waals surface area contributed by atoms with E-state index >= 15 is 0 Å². The molecule has 0 amide bonds. The first-order valence-electron chi connectivity index (χ1n) is 9.28. The summed E-state index contributed by atoms with van der Waals surface area (Å²) in [4.78, 5) is 19.4. The Balaban J connectivity index is 1.72. The van der Waals surface area contributed by atoms with Crippen molar-refractivity contribution in [2.24, 2.45) is 0 Å². The van der Waals surface area contributed by atoms with Gasteiger partial charge in [-0.05, 0) is 36.1 Å². The van der Waals surface area contributed by atoms with Gasteiger partial charge in [0, 0.05) is 12.2 Å². The predicted molar refractivity (Wildman–Crippen MR) is 112 cm³/mol. The van der Waals surface area contributed by atoms with Gasteiger partial charge in [0.2, 0.25) is 5.88 Å². The molecular weight excluding hydrogens is 372 g/mol. The van der Waals surface area contributed by atoms with Crippen molar-refractivity contribution >= 4 is 11.8 Å². The van der Waals surface area contributed by atoms with Gasteiger partial charge < -0.3 is 14.8 Å². The highest BCUT2D eigenvalue weighted by Crippen LogP contribution is 2.24. The van der Waals surface area contributed by atoms with E-state index in [-0.39, 0.29) is 17.0 Å². The summed E-state index contributed by atoms with van der Waals surface area (Å²) in [6.07, 6.45) is 1.26. The highest BCUT2D eigenvalue weighted by atomic mass is 32.2. The molecule has 0 saturated carbocycles. The molecule has 2 aromatic carbocycles. The molecule has 0 aliphatic rings. The smallest absolute Gasteiger partial charge is 0.258 e. The number of ether oxygens (including phenoxy) is 1. The second kappa shape index (κ2) is 9.46. The predicted octanol–water partition coefficient (Wildman–Crippen LogP) is 4.46. The van der Waals surface area contributed by atoms with E-state index in [9.17, 15) is 9.90 Å². The zero-order valence-corrected chi connectivity index (χ0v) is 16.9. The zero-order chi connectivity index (χ0) is 19.9. The Labute approximate surface area is 168 Å². The topological polar surface area (TPSA) is 75.2 Å². The Kier molecular flexibility index (Phi) is 6.76. The lowest BCUT2D eigenvalue weighted by Crippen LogP contribution is -2.15. The number of aromatic hydroxyl groups is 1. The van der Waals surface area contributed by atoms with Crippen LogP contribution in [-0.4, -0.2) is 21.7 Å². The fraction of sp³-hybridized carbons (Fsp3) is 0.273. The molecule has 0 aliphatic carbocycles. The van der Waals surface area contributed by atoms with E-state index in [1.165, 1.54) is 11.8 Å². The third kappa shape index (κ3) is 5.16. The van der Waals surface area contributed by atoms with Crippen LogP contribution in [0.25, 0.3) is 0 Å². The summed E-state index contributed by atoms with van der Waals surface area (Å²) in [5.74, 6) is 1.29. The number of aromatic amines is 1. The third-order valence-corrected chi connectivity index (χ3v) is 5.22. The van der Waals surface area contributed by atoms with E-state index in [1.807, 2.05) is 55.5 Å². The molecule has 0 unspecified atom stereocenters. The second-order valence-corrected chi connectivity index (χ2v) is 7.54. The minimum Gasteiger partial charge on any atom is -0.493 e. The maximum Gasteiger partial charge on any atom is 0.258 e. The first-order valence-corrected chi connectivity index (χ1v) is 10.3. The standard InChI is InChI=1S/C22H24N2O3S/c1-3-11-27-19-10-9-17(12-15(19)2)13-18-20(25)23-22(24-21(18)26)28-14-16-7-5-4-6-8-16/h4-10,12H,3,11,13-14H2,1-2H3,(H2,23,24,25,26). The van der Waals surface area contributed by atoms with Crippen LogP contribution in [0, 0.1) is 6.92 Å². The Morgan fingerprint density at radius 3 is 2.61 bits per heavy atom. The zero-order valence-electron chi connectivity index (χ0n) is 16.1. The average molecular weight is 397 g/mol. The van der Waals surface area contributed by atoms with Gasteiger partial charge in [-0.2, -0.15) is 4.98 Å². The van der Waals surface area contributed by atoms with Gasteiger partial charge in [-0.25, -0.2) is 0 Å². The normalized spacial score (nSPS) is 10.8. The van der Waals surface area contributed by atoms with E-state index in [1.54, 1.807) is 0 Å². The fourth-order valence-electron chi connectivity index (χ4n) is 2.82. The molecule has 0 spiro atoms. The molecule has 5 nitrogen and oxygen atoms in total. The fourth-order valence-corrected chi connectivity index (χ4v) is 3.63. The number of hydrogen-bond donors (Lipinski definition) is 2. The summed E-state index contributed by atoms with van der Waals surface area (Å²) < 4.78 is 5.69. The van der Waals surface area contributed by atoms with Crippen LogP contribution in [-0.2, 0) is 12.2 Å². The summed E-state index contributed by atoms with van der Waals surface area (Å²) in [5, 5.41) is 10.7. The molecule has 0 bridgehead atoms. The average Bonchev–Trinajstić information content (AvgIpc) is 2.69. The minimum absolute atomic E-state index is 0.219. The lowest BCUT2D eigenvalue weighted by molar-refractivity contribution is 0.315. The largest absolute Gasteiger partial charge is 0.493 e. The minimum atomic E-state index is -0.313. The summed E-state index contributed by atoms with van der Waals surface area (Å²) in [6, 6.07) is 15.7. The van der Waals surface area contributed by atoms with Gasteiger partial charge in [0.25, 0.3) is 5.56 Å². The van der Waals surface area contributed by atoms with Crippen molar-refractivity contribution in [2.75, 3.05) is 6.61 Å². The maximum absolute atomic E-state index is 12.5. The molecule has 3 aromatic rings. The highest BCUT2D eigenvalue weighted by molar-refractivity contribution is 7.98. The Morgan fingerprint density at radius 2 is 1.93 bits per heavy atom. The van der Waals surface area contributed by atoms with Crippen molar-refractivity contribution in [1.29, 1.82) is 0 Å². The molecule has 0 atom stereocenters. The number of aryl methyl sites for hydroxylation is 1. The molecule has 6 heteroatoms. The summed E-state index contributed by atoms with van der Waals surface area (Å²) in [6.45, 7) is 4.71. The molecule has 0 radical (unpaired) electrons. The summed E-state index contributed by atoms with van der Waals surface area (Å²) in [5.41, 5.74) is 3.01. The van der Waals surface area contributed by atoms with Crippen LogP contribution >= 0.6 is 11.8 Å². The van der Waals surface area contributed by atoms with E-state index < -0.39 is 0 Å². The van der Waals surface area contributed by atoms with Crippen LogP contribution in [0.1, 0.15) is 35.6 Å². The third-order valence-electron chi connectivity index (χ3n) is 4.27. The first kappa shape index (κ1) is 20.0. The molecule has 0 saturated heterocycles. The monoisotopic (exact) mass is 396 g/mol. The molecule has 28 heavy (non-hydrogen) atoms. The molecule has 1 aromatic heterocycles. The van der Waals surface area contributed by atoms with Gasteiger partial charge in [0.05, 0.1) is 12.2 Å². The first-order chi connectivity index (χ1) is 13.6. The summed E-state index contributed by atoms with van der Waals surface area (Å²) in [7, 11) is 0. The van der Waals surface area contributed by atoms with Crippen LogP contribution in [0.4, 0.5) is 0 Å². The molecule has 3 rings (SSSR count).